The number of rotatable bonds is 0. The molecule has 0 unspecified atom stereocenters. The normalized spacial score (nSPS) is 12.8. The highest BCUT2D eigenvalue weighted by atomic mass is 32.2. The first kappa shape index (κ1) is 48.7. The van der Waals surface area contributed by atoms with E-state index in [4.69, 9.17) is 14.2 Å². The average Bonchev–Trinajstić information content (AvgIpc) is 4.15. The number of fused-ring (bicyclic) bond motifs is 5. The minimum absolute atomic E-state index is 0.820. The van der Waals surface area contributed by atoms with Crippen molar-refractivity contribution in [2.75, 3.05) is 25.6 Å². The van der Waals surface area contributed by atoms with Crippen molar-refractivity contribution < 1.29 is 14.2 Å². The molecule has 1 N–H and O–H groups in total. The van der Waals surface area contributed by atoms with Gasteiger partial charge in [0.15, 0.2) is 0 Å². The third-order valence-electron chi connectivity index (χ3n) is 7.90. The molecule has 0 spiro atoms. The van der Waals surface area contributed by atoms with E-state index in [1.165, 1.54) is 50.6 Å². The third kappa shape index (κ3) is 17.3. The lowest BCUT2D eigenvalue weighted by molar-refractivity contribution is 0.355. The molecular formula is C48H69N3O3S. The average molecular weight is 768 g/mol. The summed E-state index contributed by atoms with van der Waals surface area (Å²) < 4.78 is 15.8. The Labute approximate surface area is 338 Å². The number of pyridine rings is 2. The minimum atomic E-state index is 0.820. The third-order valence-corrected chi connectivity index (χ3v) is 9.01. The van der Waals surface area contributed by atoms with Gasteiger partial charge < -0.3 is 19.5 Å². The van der Waals surface area contributed by atoms with Gasteiger partial charge in [-0.1, -0.05) is 130 Å². The molecule has 5 aromatic rings. The van der Waals surface area contributed by atoms with Crippen LogP contribution in [0.15, 0.2) is 114 Å². The van der Waals surface area contributed by atoms with E-state index in [9.17, 15) is 0 Å². The van der Waals surface area contributed by atoms with Crippen LogP contribution in [0.25, 0.3) is 0 Å². The van der Waals surface area contributed by atoms with Crippen LogP contribution in [0.2, 0.25) is 0 Å². The number of para-hydroxylation sites is 2. The molecule has 6 nitrogen and oxygen atoms in total. The Morgan fingerprint density at radius 3 is 1.49 bits per heavy atom. The van der Waals surface area contributed by atoms with Crippen LogP contribution in [-0.2, 0) is 38.8 Å². The van der Waals surface area contributed by atoms with Crippen molar-refractivity contribution in [1.82, 2.24) is 15.3 Å². The van der Waals surface area contributed by atoms with Crippen LogP contribution >= 0.6 is 11.8 Å². The Balaban J connectivity index is 0.000000325. The molecule has 10 rings (SSSR count). The molecule has 0 atom stereocenters. The smallest absolute Gasteiger partial charge is 0.140 e. The molecule has 55 heavy (non-hydrogen) atoms. The zero-order valence-corrected chi connectivity index (χ0v) is 36.3. The Morgan fingerprint density at radius 2 is 0.964 bits per heavy atom. The van der Waals surface area contributed by atoms with Crippen LogP contribution in [0, 0.1) is 0 Å². The van der Waals surface area contributed by atoms with E-state index < -0.39 is 0 Å². The van der Waals surface area contributed by atoms with Crippen LogP contribution in [0.4, 0.5) is 0 Å². The molecule has 7 heteroatoms. The summed E-state index contributed by atoms with van der Waals surface area (Å²) in [6, 6.07) is 31.1. The Kier molecular flexibility index (Phi) is 28.3. The summed E-state index contributed by atoms with van der Waals surface area (Å²) in [4.78, 5) is 9.61. The summed E-state index contributed by atoms with van der Waals surface area (Å²) in [5.41, 5.74) is 8.05. The zero-order chi connectivity index (χ0) is 40.5. The Hall–Kier alpha value is -4.33. The highest BCUT2D eigenvalue weighted by Crippen LogP contribution is 2.30. The van der Waals surface area contributed by atoms with Crippen molar-refractivity contribution in [3.63, 3.8) is 0 Å². The fraction of sp³-hybridized carbons (Fsp3) is 0.417. The largest absolute Gasteiger partial charge is 0.493 e. The Morgan fingerprint density at radius 1 is 0.473 bits per heavy atom. The first-order valence-electron chi connectivity index (χ1n) is 20.6. The molecule has 7 heterocycles. The second-order valence-electron chi connectivity index (χ2n) is 10.9. The minimum Gasteiger partial charge on any atom is -0.493 e. The Bertz CT molecular complexity index is 1280. The van der Waals surface area contributed by atoms with Gasteiger partial charge in [-0.2, -0.15) is 0 Å². The van der Waals surface area contributed by atoms with Crippen molar-refractivity contribution in [3.8, 4) is 17.2 Å². The first-order chi connectivity index (χ1) is 27.3. The summed E-state index contributed by atoms with van der Waals surface area (Å²) in [6.45, 7) is 24.5. The van der Waals surface area contributed by atoms with Crippen molar-refractivity contribution in [1.29, 1.82) is 0 Å². The van der Waals surface area contributed by atoms with E-state index in [-0.39, 0.29) is 0 Å². The van der Waals surface area contributed by atoms with E-state index in [0.717, 1.165) is 69.4 Å². The van der Waals surface area contributed by atoms with Crippen molar-refractivity contribution in [2.24, 2.45) is 0 Å². The summed E-state index contributed by atoms with van der Waals surface area (Å²) in [5, 5.41) is 3.23. The predicted octanol–water partition coefficient (Wildman–Crippen LogP) is 12.4. The van der Waals surface area contributed by atoms with Gasteiger partial charge >= 0.3 is 0 Å². The fourth-order valence-corrected chi connectivity index (χ4v) is 6.56. The quantitative estimate of drug-likeness (QED) is 0.168. The van der Waals surface area contributed by atoms with E-state index >= 15 is 0 Å². The topological polar surface area (TPSA) is 65.5 Å². The molecule has 0 bridgehead atoms. The van der Waals surface area contributed by atoms with Gasteiger partial charge in [0.05, 0.1) is 31.7 Å². The summed E-state index contributed by atoms with van der Waals surface area (Å²) in [5.74, 6) is 4.37. The van der Waals surface area contributed by atoms with Crippen molar-refractivity contribution in [3.05, 3.63) is 143 Å². The number of benzene rings is 3. The zero-order valence-electron chi connectivity index (χ0n) is 35.5. The standard InChI is InChI=1S/2C8H8O.C8H8S.C7H8N2.C7H7NO.5C2H6/c3*1-2-4-8-7(3-1)5-6-9-8;1-2-6-4-8-5-7(6)9-3-1;1-3-8-5-7-6(1)2-4-9-7;5*1-2/h3*1-4H,5-6H2;1-3,8H,4-5H2;1,3,5H,2,4H2;5*1-2H3. The highest BCUT2D eigenvalue weighted by Gasteiger charge is 2.11. The SMILES string of the molecule is CC.CC.CC.CC.CC.c1cc2c(cn1)OCC2.c1ccc2c(c1)CCO2.c1ccc2c(c1)CCO2.c1ccc2c(c1)CCS2.c1cnc2c(c1)CNC2. The molecule has 0 aliphatic carbocycles. The number of aromatic nitrogens is 2. The van der Waals surface area contributed by atoms with Crippen molar-refractivity contribution in [2.45, 2.75) is 113 Å². The molecule has 0 fully saturated rings. The number of hydrogen-bond acceptors (Lipinski definition) is 7. The van der Waals surface area contributed by atoms with Gasteiger partial charge in [0.1, 0.15) is 17.2 Å². The first-order valence-corrected chi connectivity index (χ1v) is 21.6. The van der Waals surface area contributed by atoms with Crippen LogP contribution in [0.3, 0.4) is 0 Å². The van der Waals surface area contributed by atoms with Crippen LogP contribution < -0.4 is 19.5 Å². The molecule has 300 valence electrons. The van der Waals surface area contributed by atoms with Crippen LogP contribution in [-0.4, -0.2) is 35.5 Å². The fourth-order valence-electron chi connectivity index (χ4n) is 5.49. The van der Waals surface area contributed by atoms with Gasteiger partial charge in [-0.3, -0.25) is 9.97 Å². The number of nitrogens with zero attached hydrogens (tertiary/aromatic N) is 2. The van der Waals surface area contributed by atoms with E-state index in [1.54, 1.807) is 12.4 Å². The maximum Gasteiger partial charge on any atom is 0.140 e. The number of hydrogen-bond donors (Lipinski definition) is 1. The highest BCUT2D eigenvalue weighted by molar-refractivity contribution is 7.99. The van der Waals surface area contributed by atoms with E-state index in [1.807, 2.05) is 136 Å². The molecular weight excluding hydrogens is 699 g/mol. The molecule has 0 amide bonds. The van der Waals surface area contributed by atoms with Crippen LogP contribution in [0.5, 0.6) is 17.2 Å². The van der Waals surface area contributed by atoms with Gasteiger partial charge in [-0.15, -0.1) is 11.8 Å². The summed E-state index contributed by atoms with van der Waals surface area (Å²) in [6.07, 6.45) is 9.87. The number of nitrogens with one attached hydrogen (secondary N) is 1. The number of ether oxygens (including phenoxy) is 3. The van der Waals surface area contributed by atoms with Gasteiger partial charge in [0.25, 0.3) is 0 Å². The van der Waals surface area contributed by atoms with E-state index in [0.29, 0.717) is 0 Å². The molecule has 0 radical (unpaired) electrons. The lowest BCUT2D eigenvalue weighted by Crippen LogP contribution is -2.00. The lowest BCUT2D eigenvalue weighted by atomic mass is 10.2. The summed E-state index contributed by atoms with van der Waals surface area (Å²) >= 11 is 1.97. The van der Waals surface area contributed by atoms with Gasteiger partial charge in [0, 0.05) is 61.0 Å². The van der Waals surface area contributed by atoms with Gasteiger partial charge in [0.2, 0.25) is 0 Å². The number of thioether (sulfide) groups is 1. The number of aryl methyl sites for hydroxylation is 1. The monoisotopic (exact) mass is 768 g/mol. The molecule has 2 aromatic heterocycles. The van der Waals surface area contributed by atoms with Gasteiger partial charge in [-0.25, -0.2) is 0 Å². The predicted molar refractivity (Wildman–Crippen MR) is 237 cm³/mol. The molecule has 0 saturated carbocycles. The molecule has 5 aliphatic rings. The maximum absolute atomic E-state index is 5.30. The molecule has 5 aliphatic heterocycles. The van der Waals surface area contributed by atoms with Crippen LogP contribution in [0.1, 0.15) is 103 Å². The lowest BCUT2D eigenvalue weighted by Gasteiger charge is -1.93. The van der Waals surface area contributed by atoms with E-state index in [2.05, 4.69) is 57.7 Å². The maximum atomic E-state index is 5.30. The molecule has 0 saturated heterocycles. The van der Waals surface area contributed by atoms with Gasteiger partial charge in [-0.05, 0) is 59.0 Å². The van der Waals surface area contributed by atoms with Crippen molar-refractivity contribution >= 4 is 11.8 Å². The second-order valence-corrected chi connectivity index (χ2v) is 12.0. The second kappa shape index (κ2) is 32.0. The summed E-state index contributed by atoms with van der Waals surface area (Å²) in [7, 11) is 0. The molecule has 3 aromatic carbocycles.